The van der Waals surface area contributed by atoms with Gasteiger partial charge in [-0.15, -0.1) is 0 Å². The van der Waals surface area contributed by atoms with Crippen LogP contribution in [0.5, 0.6) is 0 Å². The van der Waals surface area contributed by atoms with Gasteiger partial charge in [0.05, 0.1) is 33.0 Å². The second-order valence-corrected chi connectivity index (χ2v) is 25.6. The minimum atomic E-state index is -2.11. The van der Waals surface area contributed by atoms with E-state index in [1.54, 1.807) is 0 Å². The van der Waals surface area contributed by atoms with Gasteiger partial charge in [-0.2, -0.15) is 0 Å². The Labute approximate surface area is 442 Å². The monoisotopic (exact) mass is 1090 g/mol. The highest BCUT2D eigenvalue weighted by molar-refractivity contribution is 5.91. The van der Waals surface area contributed by atoms with Gasteiger partial charge in [-0.1, -0.05) is 60.1 Å². The van der Waals surface area contributed by atoms with Crippen LogP contribution in [-0.4, -0.2) is 228 Å². The summed E-state index contributed by atoms with van der Waals surface area (Å²) in [5.41, 5.74) is -2.05. The first-order chi connectivity index (χ1) is 35.5. The van der Waals surface area contributed by atoms with Crippen LogP contribution in [0, 0.1) is 44.8 Å². The minimum Gasteiger partial charge on any atom is -0.467 e. The molecule has 0 radical (unpaired) electrons. The number of methoxy groups -OCH3 is 1. The predicted octanol–water partition coefficient (Wildman–Crippen LogP) is -1.81. The lowest BCUT2D eigenvalue weighted by Gasteiger charge is -2.71. The first-order valence-corrected chi connectivity index (χ1v) is 27.1. The number of hydrogen-bond acceptors (Lipinski definition) is 23. The Morgan fingerprint density at radius 1 is 0.645 bits per heavy atom. The minimum absolute atomic E-state index is 0.0171. The van der Waals surface area contributed by atoms with Gasteiger partial charge in [-0.05, 0) is 84.9 Å². The van der Waals surface area contributed by atoms with Crippen molar-refractivity contribution in [1.82, 2.24) is 0 Å². The quantitative estimate of drug-likeness (QED) is 0.0616. The van der Waals surface area contributed by atoms with Crippen LogP contribution < -0.4 is 0 Å². The fourth-order valence-electron chi connectivity index (χ4n) is 15.9. The summed E-state index contributed by atoms with van der Waals surface area (Å²) in [5, 5.41) is 132. The number of allylic oxidation sites excluding steroid dienone is 1. The van der Waals surface area contributed by atoms with E-state index in [1.165, 1.54) is 5.57 Å². The standard InChI is InChI=1S/C53H84O23/c1-48(2)15-16-53(67)23(17-48)22-9-10-28-50(5)13-12-30(49(3,4)27(50)11-14-51(28,6)52(22,7)18-29(53)57)72-47-42(76-45-37(64)34(61)32(59)25(19-54)70-45)39(38(65)40(74-47)43(66)68-8)73-46-41(35(62)33(60)26(20-55)71-46)75-44-36(63)31(58)24(56)21-69-44/h9,23-28,30-42,44-47,54-56,58-65,67H,10-21H2,1-8H3/t23?,24-,25-,26-,27?,28?,30+,31+,32+,33+,34+,35+,36-,37-,38+,39+,40+,41-,42-,44+,45?,46+,47-,50+,51-,52-,53-/m1/s1. The van der Waals surface area contributed by atoms with Gasteiger partial charge in [0.2, 0.25) is 0 Å². The predicted molar refractivity (Wildman–Crippen MR) is 257 cm³/mol. The number of carbonyl (C=O) groups is 2. The molecule has 27 atom stereocenters. The largest absolute Gasteiger partial charge is 0.467 e. The lowest BCUT2D eigenvalue weighted by Crippen LogP contribution is -2.69. The van der Waals surface area contributed by atoms with E-state index >= 15 is 0 Å². The fourth-order valence-corrected chi connectivity index (χ4v) is 15.9. The van der Waals surface area contributed by atoms with E-state index in [0.29, 0.717) is 19.3 Å². The summed E-state index contributed by atoms with van der Waals surface area (Å²) in [5.74, 6) is -1.35. The van der Waals surface area contributed by atoms with E-state index in [1.807, 2.05) is 0 Å². The molecule has 4 unspecified atom stereocenters. The maximum Gasteiger partial charge on any atom is 0.337 e. The normalized spacial score (nSPS) is 53.0. The zero-order chi connectivity index (χ0) is 55.6. The van der Waals surface area contributed by atoms with Gasteiger partial charge < -0.3 is 104 Å². The van der Waals surface area contributed by atoms with Crippen LogP contribution in [-0.2, 0) is 52.2 Å². The molecule has 8 fully saturated rings. The van der Waals surface area contributed by atoms with Crippen molar-refractivity contribution in [2.24, 2.45) is 44.8 Å². The SMILES string of the molecule is COC(=O)[C@H]1O[C@@H](O[C@H]2CC[C@@]3(C)C(CC[C@]4(C)C3CC=C3C5CC(C)(C)CC[C@]5(O)C(=O)C[C@]34C)C2(C)C)[C@H](OC2O[C@H](CO)[C@H](O)[C@H](O)[C@H]2O)[C@@H](O[C@@H]2O[C@H](CO)[C@H](O)[C@H](O)[C@H]2O[C@@H]2OC[C@@H](O)[C@H](O)[C@H]2O)[C@@H]1O. The summed E-state index contributed by atoms with van der Waals surface area (Å²) in [4.78, 5) is 28.0. The van der Waals surface area contributed by atoms with Crippen LogP contribution in [0.15, 0.2) is 11.6 Å². The second kappa shape index (κ2) is 21.1. The Hall–Kier alpha value is -1.92. The Balaban J connectivity index is 1.05. The van der Waals surface area contributed by atoms with Gasteiger partial charge in [0.1, 0.15) is 91.1 Å². The Bertz CT molecular complexity index is 2140. The molecule has 5 aliphatic carbocycles. The number of ether oxygens (including phenoxy) is 9. The number of ketones is 1. The zero-order valence-electron chi connectivity index (χ0n) is 44.7. The molecule has 4 aliphatic heterocycles. The molecule has 0 aromatic carbocycles. The van der Waals surface area contributed by atoms with Crippen LogP contribution in [0.3, 0.4) is 0 Å². The first-order valence-electron chi connectivity index (χ1n) is 27.1. The van der Waals surface area contributed by atoms with Gasteiger partial charge in [0.25, 0.3) is 0 Å². The molecule has 0 amide bonds. The third kappa shape index (κ3) is 9.47. The summed E-state index contributed by atoms with van der Waals surface area (Å²) >= 11 is 0. The topological polar surface area (TPSA) is 360 Å². The number of rotatable bonds is 11. The van der Waals surface area contributed by atoms with Crippen LogP contribution >= 0.6 is 0 Å². The lowest BCUT2D eigenvalue weighted by molar-refractivity contribution is -0.405. The Morgan fingerprint density at radius 3 is 1.91 bits per heavy atom. The lowest BCUT2D eigenvalue weighted by atomic mass is 9.34. The fraction of sp³-hybridized carbons (Fsp3) is 0.925. The van der Waals surface area contributed by atoms with Crippen molar-refractivity contribution in [2.45, 2.75) is 235 Å². The summed E-state index contributed by atoms with van der Waals surface area (Å²) in [6.45, 7) is 13.2. The average molecular weight is 1090 g/mol. The van der Waals surface area contributed by atoms with E-state index in [-0.39, 0.29) is 46.2 Å². The van der Waals surface area contributed by atoms with Crippen LogP contribution in [0.25, 0.3) is 0 Å². The number of Topliss-reactive ketones (excluding diaryl/α,β-unsaturated/α-hetero) is 1. The molecule has 23 nitrogen and oxygen atoms in total. The van der Waals surface area contributed by atoms with Gasteiger partial charge in [0, 0.05) is 17.8 Å². The molecule has 0 bridgehead atoms. The van der Waals surface area contributed by atoms with Crippen LogP contribution in [0.2, 0.25) is 0 Å². The van der Waals surface area contributed by atoms with Gasteiger partial charge in [-0.3, -0.25) is 4.79 Å². The summed E-state index contributed by atoms with van der Waals surface area (Å²) in [6.07, 6.45) is -28.0. The molecule has 76 heavy (non-hydrogen) atoms. The van der Waals surface area contributed by atoms with E-state index in [0.717, 1.165) is 39.2 Å². The number of esters is 1. The van der Waals surface area contributed by atoms with Crippen molar-refractivity contribution in [3.05, 3.63) is 11.6 Å². The molecule has 434 valence electrons. The number of carbonyl (C=O) groups excluding carboxylic acids is 2. The number of aliphatic hydroxyl groups excluding tert-OH is 11. The molecule has 4 saturated heterocycles. The number of hydrogen-bond donors (Lipinski definition) is 12. The summed E-state index contributed by atoms with van der Waals surface area (Å²) < 4.78 is 54.3. The van der Waals surface area contributed by atoms with Crippen molar-refractivity contribution < 1.29 is 113 Å². The van der Waals surface area contributed by atoms with Crippen LogP contribution in [0.4, 0.5) is 0 Å². The molecule has 0 aromatic heterocycles. The number of aliphatic hydroxyl groups is 12. The van der Waals surface area contributed by atoms with Gasteiger partial charge in [-0.25, -0.2) is 4.79 Å². The van der Waals surface area contributed by atoms with E-state index < -0.39 is 165 Å². The molecule has 0 aromatic rings. The molecule has 12 N–H and O–H groups in total. The van der Waals surface area contributed by atoms with Crippen molar-refractivity contribution in [3.8, 4) is 0 Å². The summed E-state index contributed by atoms with van der Waals surface area (Å²) in [7, 11) is 1.05. The van der Waals surface area contributed by atoms with Crippen molar-refractivity contribution >= 4 is 11.8 Å². The highest BCUT2D eigenvalue weighted by Gasteiger charge is 2.71. The summed E-state index contributed by atoms with van der Waals surface area (Å²) in [6, 6.07) is 0. The maximum atomic E-state index is 14.3. The third-order valence-electron chi connectivity index (χ3n) is 20.6. The maximum absolute atomic E-state index is 14.3. The molecule has 4 saturated carbocycles. The molecule has 9 aliphatic rings. The van der Waals surface area contributed by atoms with E-state index in [2.05, 4.69) is 54.5 Å². The Kier molecular flexibility index (Phi) is 16.3. The van der Waals surface area contributed by atoms with Gasteiger partial charge >= 0.3 is 5.97 Å². The molecular formula is C53H84O23. The van der Waals surface area contributed by atoms with E-state index in [4.69, 9.17) is 42.6 Å². The van der Waals surface area contributed by atoms with Crippen LogP contribution in [0.1, 0.15) is 106 Å². The van der Waals surface area contributed by atoms with Gasteiger partial charge in [0.15, 0.2) is 37.0 Å². The second-order valence-electron chi connectivity index (χ2n) is 25.6. The average Bonchev–Trinajstić information content (AvgIpc) is 3.54. The first kappa shape index (κ1) is 58.7. The van der Waals surface area contributed by atoms with Crippen molar-refractivity contribution in [3.63, 3.8) is 0 Å². The zero-order valence-corrected chi connectivity index (χ0v) is 44.7. The third-order valence-corrected chi connectivity index (χ3v) is 20.6. The molecule has 0 spiro atoms. The molecule has 9 rings (SSSR count). The van der Waals surface area contributed by atoms with E-state index in [9.17, 15) is 70.9 Å². The number of fused-ring (bicyclic) bond motifs is 7. The van der Waals surface area contributed by atoms with Crippen molar-refractivity contribution in [1.29, 1.82) is 0 Å². The molecular weight excluding hydrogens is 1000 g/mol. The highest BCUT2D eigenvalue weighted by Crippen LogP contribution is 2.74. The smallest absolute Gasteiger partial charge is 0.337 e. The molecule has 4 heterocycles. The molecule has 23 heteroatoms. The highest BCUT2D eigenvalue weighted by atomic mass is 16.8. The van der Waals surface area contributed by atoms with Crippen molar-refractivity contribution in [2.75, 3.05) is 26.9 Å². The Morgan fingerprint density at radius 2 is 1.25 bits per heavy atom.